The Kier molecular flexibility index (Phi) is 5.28. The molecule has 2 heteroatoms. The highest BCUT2D eigenvalue weighted by Crippen LogP contribution is 2.44. The van der Waals surface area contributed by atoms with E-state index in [4.69, 9.17) is 0 Å². The summed E-state index contributed by atoms with van der Waals surface area (Å²) in [6.07, 6.45) is 12.4. The van der Waals surface area contributed by atoms with Gasteiger partial charge in [-0.1, -0.05) is 32.6 Å². The molecule has 0 aromatic carbocycles. The summed E-state index contributed by atoms with van der Waals surface area (Å²) < 4.78 is 13.5. The van der Waals surface area contributed by atoms with Crippen molar-refractivity contribution in [3.05, 3.63) is 0 Å². The first-order chi connectivity index (χ1) is 9.00. The molecule has 0 aromatic rings. The maximum Gasteiger partial charge on any atom is 0.206 e. The molecule has 2 aliphatic rings. The van der Waals surface area contributed by atoms with Gasteiger partial charge in [0.15, 0.2) is 0 Å². The Bertz CT molecular complexity index is 255. The van der Waals surface area contributed by atoms with Gasteiger partial charge in [-0.05, 0) is 63.2 Å². The molecule has 0 aliphatic heterocycles. The van der Waals surface area contributed by atoms with Crippen LogP contribution in [0.4, 0.5) is 4.39 Å². The molecule has 1 N–H and O–H groups in total. The predicted molar refractivity (Wildman–Crippen MR) is 77.5 cm³/mol. The van der Waals surface area contributed by atoms with E-state index >= 15 is 0 Å². The highest BCUT2D eigenvalue weighted by atomic mass is 19.2. The van der Waals surface area contributed by atoms with E-state index in [9.17, 15) is 9.50 Å². The normalized spacial score (nSPS) is 39.8. The lowest BCUT2D eigenvalue weighted by Gasteiger charge is -2.39. The molecule has 2 saturated carbocycles. The lowest BCUT2D eigenvalue weighted by atomic mass is 9.68. The lowest BCUT2D eigenvalue weighted by Crippen LogP contribution is -2.34. The highest BCUT2D eigenvalue weighted by Gasteiger charge is 2.37. The molecule has 2 aliphatic carbocycles. The van der Waals surface area contributed by atoms with Crippen molar-refractivity contribution in [2.75, 3.05) is 0 Å². The zero-order valence-electron chi connectivity index (χ0n) is 12.7. The van der Waals surface area contributed by atoms with E-state index in [1.807, 2.05) is 0 Å². The fourth-order valence-electron chi connectivity index (χ4n) is 4.47. The van der Waals surface area contributed by atoms with Gasteiger partial charge in [0.05, 0.1) is 0 Å². The largest absolute Gasteiger partial charge is 0.362 e. The van der Waals surface area contributed by atoms with Gasteiger partial charge >= 0.3 is 0 Å². The van der Waals surface area contributed by atoms with Crippen LogP contribution in [0.1, 0.15) is 78.1 Å². The first-order valence-corrected chi connectivity index (χ1v) is 8.42. The van der Waals surface area contributed by atoms with Crippen molar-refractivity contribution in [1.29, 1.82) is 0 Å². The van der Waals surface area contributed by atoms with Crippen molar-refractivity contribution in [1.82, 2.24) is 0 Å². The average Bonchev–Trinajstić information content (AvgIpc) is 2.39. The zero-order chi connectivity index (χ0) is 13.9. The van der Waals surface area contributed by atoms with E-state index in [-0.39, 0.29) is 5.92 Å². The quantitative estimate of drug-likeness (QED) is 0.755. The minimum absolute atomic E-state index is 0.125. The van der Waals surface area contributed by atoms with Crippen molar-refractivity contribution in [2.45, 2.75) is 83.9 Å². The summed E-state index contributed by atoms with van der Waals surface area (Å²) in [5.41, 5.74) is 0. The van der Waals surface area contributed by atoms with Crippen LogP contribution in [0.5, 0.6) is 0 Å². The topological polar surface area (TPSA) is 20.2 Å². The fraction of sp³-hybridized carbons (Fsp3) is 1.00. The van der Waals surface area contributed by atoms with Crippen LogP contribution < -0.4 is 0 Å². The lowest BCUT2D eigenvalue weighted by molar-refractivity contribution is -0.132. The Morgan fingerprint density at radius 3 is 1.84 bits per heavy atom. The van der Waals surface area contributed by atoms with Gasteiger partial charge < -0.3 is 5.11 Å². The Morgan fingerprint density at radius 2 is 1.42 bits per heavy atom. The number of rotatable bonds is 4. The minimum atomic E-state index is -1.95. The molecular weight excluding hydrogens is 239 g/mol. The molecule has 2 fully saturated rings. The molecule has 0 bridgehead atoms. The zero-order valence-corrected chi connectivity index (χ0v) is 12.7. The standard InChI is InChI=1S/C17H31FO/c1-3-4-13-5-7-14(8-6-13)15-9-11-16(12-10-15)17(2,18)19/h13-16,19H,3-12H2,1-2H3. The predicted octanol–water partition coefficient (Wildman–Crippen LogP) is 5.08. The maximum absolute atomic E-state index is 13.5. The number of aliphatic hydroxyl groups is 1. The first-order valence-electron chi connectivity index (χ1n) is 8.42. The molecular formula is C17H31FO. The summed E-state index contributed by atoms with van der Waals surface area (Å²) in [5.74, 6) is 0.591. The van der Waals surface area contributed by atoms with Crippen LogP contribution in [0.15, 0.2) is 0 Å². The van der Waals surface area contributed by atoms with Gasteiger partial charge in [0.2, 0.25) is 5.85 Å². The molecule has 1 nitrogen and oxygen atoms in total. The summed E-state index contributed by atoms with van der Waals surface area (Å²) >= 11 is 0. The van der Waals surface area contributed by atoms with Crippen LogP contribution in [-0.4, -0.2) is 11.0 Å². The van der Waals surface area contributed by atoms with Crippen molar-refractivity contribution in [3.8, 4) is 0 Å². The van der Waals surface area contributed by atoms with Gasteiger partial charge in [-0.2, -0.15) is 0 Å². The van der Waals surface area contributed by atoms with E-state index in [0.717, 1.165) is 43.4 Å². The molecule has 1 atom stereocenters. The molecule has 1 unspecified atom stereocenters. The van der Waals surface area contributed by atoms with Crippen LogP contribution in [0.2, 0.25) is 0 Å². The number of alkyl halides is 1. The Labute approximate surface area is 118 Å². The minimum Gasteiger partial charge on any atom is -0.362 e. The number of halogens is 1. The Hall–Kier alpha value is -0.110. The van der Waals surface area contributed by atoms with Crippen LogP contribution in [0.3, 0.4) is 0 Å². The summed E-state index contributed by atoms with van der Waals surface area (Å²) in [5, 5.41) is 9.47. The van der Waals surface area contributed by atoms with Gasteiger partial charge in [0.1, 0.15) is 0 Å². The summed E-state index contributed by atoms with van der Waals surface area (Å²) in [6.45, 7) is 3.62. The van der Waals surface area contributed by atoms with E-state index < -0.39 is 5.85 Å². The molecule has 2 rings (SSSR count). The van der Waals surface area contributed by atoms with Gasteiger partial charge in [-0.3, -0.25) is 0 Å². The Balaban J connectivity index is 1.74. The monoisotopic (exact) mass is 270 g/mol. The molecule has 0 aromatic heterocycles. The summed E-state index contributed by atoms with van der Waals surface area (Å²) in [7, 11) is 0. The van der Waals surface area contributed by atoms with Crippen LogP contribution >= 0.6 is 0 Å². The molecule has 0 amide bonds. The van der Waals surface area contributed by atoms with Gasteiger partial charge in [-0.15, -0.1) is 0 Å². The van der Waals surface area contributed by atoms with Crippen LogP contribution in [0, 0.1) is 23.7 Å². The maximum atomic E-state index is 13.5. The average molecular weight is 270 g/mol. The molecule has 19 heavy (non-hydrogen) atoms. The van der Waals surface area contributed by atoms with Crippen molar-refractivity contribution >= 4 is 0 Å². The van der Waals surface area contributed by atoms with E-state index in [2.05, 4.69) is 6.92 Å². The fourth-order valence-corrected chi connectivity index (χ4v) is 4.47. The van der Waals surface area contributed by atoms with Crippen molar-refractivity contribution < 1.29 is 9.50 Å². The van der Waals surface area contributed by atoms with Crippen molar-refractivity contribution in [2.24, 2.45) is 23.7 Å². The van der Waals surface area contributed by atoms with E-state index in [1.54, 1.807) is 0 Å². The van der Waals surface area contributed by atoms with E-state index in [1.165, 1.54) is 45.4 Å². The third kappa shape index (κ3) is 4.18. The number of hydrogen-bond donors (Lipinski definition) is 1. The SMILES string of the molecule is CCCC1CCC(C2CCC(C(C)(O)F)CC2)CC1. The van der Waals surface area contributed by atoms with Crippen molar-refractivity contribution in [3.63, 3.8) is 0 Å². The van der Waals surface area contributed by atoms with E-state index in [0.29, 0.717) is 0 Å². The molecule has 0 radical (unpaired) electrons. The highest BCUT2D eigenvalue weighted by molar-refractivity contribution is 4.84. The summed E-state index contributed by atoms with van der Waals surface area (Å²) in [6, 6.07) is 0. The molecule has 112 valence electrons. The number of hydrogen-bond acceptors (Lipinski definition) is 1. The molecule has 0 saturated heterocycles. The Morgan fingerprint density at radius 1 is 0.947 bits per heavy atom. The summed E-state index contributed by atoms with van der Waals surface area (Å²) in [4.78, 5) is 0. The van der Waals surface area contributed by atoms with Gasteiger partial charge in [0.25, 0.3) is 0 Å². The second-order valence-corrected chi connectivity index (χ2v) is 7.21. The molecule has 0 heterocycles. The smallest absolute Gasteiger partial charge is 0.206 e. The second kappa shape index (κ2) is 6.56. The van der Waals surface area contributed by atoms with Gasteiger partial charge in [0, 0.05) is 5.92 Å². The van der Waals surface area contributed by atoms with Crippen LogP contribution in [0.25, 0.3) is 0 Å². The molecule has 0 spiro atoms. The van der Waals surface area contributed by atoms with Crippen LogP contribution in [-0.2, 0) is 0 Å². The first kappa shape index (κ1) is 15.3. The van der Waals surface area contributed by atoms with Gasteiger partial charge in [-0.25, -0.2) is 4.39 Å². The third-order valence-corrected chi connectivity index (χ3v) is 5.77. The third-order valence-electron chi connectivity index (χ3n) is 5.77. The second-order valence-electron chi connectivity index (χ2n) is 7.21.